The topological polar surface area (TPSA) is 87.6 Å². The van der Waals surface area contributed by atoms with Crippen LogP contribution in [0.4, 0.5) is 13.2 Å². The van der Waals surface area contributed by atoms with E-state index in [-0.39, 0.29) is 6.42 Å². The van der Waals surface area contributed by atoms with Gasteiger partial charge in [0.2, 0.25) is 0 Å². The van der Waals surface area contributed by atoms with Crippen LogP contribution >= 0.6 is 11.3 Å². The molecule has 0 aliphatic heterocycles. The van der Waals surface area contributed by atoms with Crippen molar-refractivity contribution in [1.82, 2.24) is 0 Å². The SMILES string of the molecule is CCCCCc1ccc(-c2cc3ccc(OCC(C)(COC(=O)C(C)(C)C(C)(N)CC(C)(C)N)C(F)(F)F)cc3s2)c(CC)c1. The van der Waals surface area contributed by atoms with Crippen LogP contribution in [0.15, 0.2) is 42.5 Å². The maximum atomic E-state index is 14.3. The Balaban J connectivity index is 1.76. The van der Waals surface area contributed by atoms with E-state index < -0.39 is 47.3 Å². The second-order valence-corrected chi connectivity index (χ2v) is 15.3. The lowest BCUT2D eigenvalue weighted by molar-refractivity contribution is -0.242. The summed E-state index contributed by atoms with van der Waals surface area (Å²) in [4.78, 5) is 14.2. The quantitative estimate of drug-likeness (QED) is 0.127. The predicted octanol–water partition coefficient (Wildman–Crippen LogP) is 9.23. The van der Waals surface area contributed by atoms with Crippen LogP contribution in [0.2, 0.25) is 0 Å². The third-order valence-corrected chi connectivity index (χ3v) is 10.0. The summed E-state index contributed by atoms with van der Waals surface area (Å²) in [5, 5.41) is 0.997. The molecule has 4 N–H and O–H groups in total. The molecule has 0 fully saturated rings. The van der Waals surface area contributed by atoms with Crippen molar-refractivity contribution in [3.05, 3.63) is 53.6 Å². The molecule has 1 heterocycles. The normalized spacial score (nSPS) is 15.5. The highest BCUT2D eigenvalue weighted by atomic mass is 32.1. The number of benzene rings is 2. The maximum absolute atomic E-state index is 14.3. The van der Waals surface area contributed by atoms with E-state index in [4.69, 9.17) is 20.9 Å². The number of aryl methyl sites for hydroxylation is 2. The van der Waals surface area contributed by atoms with E-state index in [1.807, 2.05) is 6.07 Å². The first-order valence-corrected chi connectivity index (χ1v) is 16.6. The van der Waals surface area contributed by atoms with Gasteiger partial charge in [0.05, 0.1) is 5.41 Å². The largest absolute Gasteiger partial charge is 0.492 e. The molecule has 3 aromatic rings. The van der Waals surface area contributed by atoms with Crippen LogP contribution in [0, 0.1) is 10.8 Å². The van der Waals surface area contributed by atoms with Crippen LogP contribution < -0.4 is 16.2 Å². The molecule has 1 aromatic heterocycles. The zero-order valence-corrected chi connectivity index (χ0v) is 28.9. The van der Waals surface area contributed by atoms with Crippen LogP contribution in [0.3, 0.4) is 0 Å². The Bertz CT molecular complexity index is 1460. The fourth-order valence-corrected chi connectivity index (χ4v) is 6.55. The molecule has 250 valence electrons. The predicted molar refractivity (Wildman–Crippen MR) is 180 cm³/mol. The Morgan fingerprint density at radius 1 is 0.889 bits per heavy atom. The van der Waals surface area contributed by atoms with E-state index in [0.717, 1.165) is 34.7 Å². The Morgan fingerprint density at radius 2 is 1.58 bits per heavy atom. The minimum absolute atomic E-state index is 0.263. The summed E-state index contributed by atoms with van der Waals surface area (Å²) in [7, 11) is 0. The lowest BCUT2D eigenvalue weighted by Gasteiger charge is -2.43. The van der Waals surface area contributed by atoms with Gasteiger partial charge in [0.25, 0.3) is 0 Å². The third-order valence-electron chi connectivity index (χ3n) is 8.90. The smallest absolute Gasteiger partial charge is 0.400 e. The summed E-state index contributed by atoms with van der Waals surface area (Å²) < 4.78 is 55.0. The van der Waals surface area contributed by atoms with E-state index in [0.29, 0.717) is 5.75 Å². The molecule has 2 atom stereocenters. The van der Waals surface area contributed by atoms with Gasteiger partial charge in [-0.15, -0.1) is 11.3 Å². The molecule has 0 saturated heterocycles. The second kappa shape index (κ2) is 14.0. The molecule has 2 unspecified atom stereocenters. The molecule has 0 amide bonds. The zero-order chi connectivity index (χ0) is 33.8. The fourth-order valence-electron chi connectivity index (χ4n) is 5.40. The van der Waals surface area contributed by atoms with Gasteiger partial charge in [0.15, 0.2) is 0 Å². The fraction of sp³-hybridized carbons (Fsp3) is 0.583. The van der Waals surface area contributed by atoms with E-state index >= 15 is 0 Å². The van der Waals surface area contributed by atoms with E-state index in [2.05, 4.69) is 38.1 Å². The van der Waals surface area contributed by atoms with Crippen molar-refractivity contribution >= 4 is 27.4 Å². The number of carbonyl (C=O) groups excluding carboxylic acids is 1. The standard InChI is InChI=1S/C36H51F3N2O3S/c1-9-11-12-13-24-14-17-28(25(10-2)18-24)30-19-26-15-16-27(20-29(26)45-30)43-22-34(7,36(37,38)39)23-44-31(42)33(5,6)35(8,41)21-32(3,4)40/h14-20H,9-13,21-23,40-41H2,1-8H3. The van der Waals surface area contributed by atoms with Crippen LogP contribution in [-0.2, 0) is 22.4 Å². The number of ether oxygens (including phenoxy) is 2. The van der Waals surface area contributed by atoms with Gasteiger partial charge in [0.1, 0.15) is 24.4 Å². The number of hydrogen-bond donors (Lipinski definition) is 2. The van der Waals surface area contributed by atoms with E-state index in [1.54, 1.807) is 58.1 Å². The Morgan fingerprint density at radius 3 is 2.18 bits per heavy atom. The minimum atomic E-state index is -4.69. The van der Waals surface area contributed by atoms with Crippen LogP contribution in [-0.4, -0.2) is 36.4 Å². The highest BCUT2D eigenvalue weighted by molar-refractivity contribution is 7.22. The molecule has 0 bridgehead atoms. The molecule has 3 rings (SSSR count). The Hall–Kier alpha value is -2.62. The number of nitrogens with two attached hydrogens (primary N) is 2. The first kappa shape index (κ1) is 36.8. The van der Waals surface area contributed by atoms with Crippen molar-refractivity contribution in [1.29, 1.82) is 0 Å². The molecule has 9 heteroatoms. The first-order valence-electron chi connectivity index (χ1n) is 15.8. The van der Waals surface area contributed by atoms with Gasteiger partial charge in [-0.2, -0.15) is 13.2 Å². The van der Waals surface area contributed by atoms with Gasteiger partial charge in [-0.05, 0) is 114 Å². The lowest BCUT2D eigenvalue weighted by atomic mass is 9.68. The van der Waals surface area contributed by atoms with Crippen LogP contribution in [0.25, 0.3) is 20.5 Å². The molecule has 45 heavy (non-hydrogen) atoms. The van der Waals surface area contributed by atoms with Crippen molar-refractivity contribution < 1.29 is 27.4 Å². The minimum Gasteiger partial charge on any atom is -0.492 e. The average molecular weight is 649 g/mol. The second-order valence-electron chi connectivity index (χ2n) is 14.2. The number of thiophene rings is 1. The Labute approximate surface area is 270 Å². The van der Waals surface area contributed by atoms with Crippen LogP contribution in [0.1, 0.15) is 92.2 Å². The average Bonchev–Trinajstić information content (AvgIpc) is 3.36. The highest BCUT2D eigenvalue weighted by Gasteiger charge is 2.54. The third kappa shape index (κ3) is 9.01. The summed E-state index contributed by atoms with van der Waals surface area (Å²) in [5.41, 5.74) is 10.8. The van der Waals surface area contributed by atoms with Crippen molar-refractivity contribution in [2.24, 2.45) is 22.3 Å². The van der Waals surface area contributed by atoms with Gasteiger partial charge in [-0.1, -0.05) is 44.9 Å². The van der Waals surface area contributed by atoms with Crippen molar-refractivity contribution in [3.63, 3.8) is 0 Å². The molecule has 0 spiro atoms. The highest BCUT2D eigenvalue weighted by Crippen LogP contribution is 2.42. The van der Waals surface area contributed by atoms with E-state index in [1.165, 1.54) is 36.0 Å². The summed E-state index contributed by atoms with van der Waals surface area (Å²) in [6, 6.07) is 14.1. The molecule has 2 aromatic carbocycles. The van der Waals surface area contributed by atoms with E-state index in [9.17, 15) is 18.0 Å². The number of alkyl halides is 3. The number of carbonyl (C=O) groups is 1. The summed E-state index contributed by atoms with van der Waals surface area (Å²) in [5.74, 6) is -0.500. The molecule has 0 radical (unpaired) electrons. The van der Waals surface area contributed by atoms with Crippen molar-refractivity contribution in [3.8, 4) is 16.2 Å². The number of unbranched alkanes of at least 4 members (excludes halogenated alkanes) is 2. The number of rotatable bonds is 15. The lowest BCUT2D eigenvalue weighted by Crippen LogP contribution is -2.59. The summed E-state index contributed by atoms with van der Waals surface area (Å²) in [6.07, 6.45) is 1.14. The van der Waals surface area contributed by atoms with Gasteiger partial charge >= 0.3 is 12.1 Å². The summed E-state index contributed by atoms with van der Waals surface area (Å²) in [6.45, 7) is 12.1. The van der Waals surface area contributed by atoms with Gasteiger partial charge in [0, 0.05) is 20.7 Å². The molecular formula is C36H51F3N2O3S. The molecule has 0 aliphatic rings. The zero-order valence-electron chi connectivity index (χ0n) is 28.1. The van der Waals surface area contributed by atoms with Gasteiger partial charge < -0.3 is 20.9 Å². The maximum Gasteiger partial charge on any atom is 0.400 e. The number of hydrogen-bond acceptors (Lipinski definition) is 6. The van der Waals surface area contributed by atoms with Crippen molar-refractivity contribution in [2.45, 2.75) is 111 Å². The molecule has 0 aliphatic carbocycles. The van der Waals surface area contributed by atoms with Crippen LogP contribution in [0.5, 0.6) is 5.75 Å². The first-order chi connectivity index (χ1) is 20.7. The van der Waals surface area contributed by atoms with Crippen molar-refractivity contribution in [2.75, 3.05) is 13.2 Å². The Kier molecular flexibility index (Phi) is 11.5. The molecule has 0 saturated carbocycles. The molecule has 5 nitrogen and oxygen atoms in total. The number of fused-ring (bicyclic) bond motifs is 1. The monoisotopic (exact) mass is 648 g/mol. The number of esters is 1. The van der Waals surface area contributed by atoms with Gasteiger partial charge in [-0.25, -0.2) is 0 Å². The summed E-state index contributed by atoms with van der Waals surface area (Å²) >= 11 is 1.59. The number of halogens is 3. The molecular weight excluding hydrogens is 597 g/mol. The van der Waals surface area contributed by atoms with Gasteiger partial charge in [-0.3, -0.25) is 4.79 Å².